The minimum Gasteiger partial charge on any atom is -0.497 e. The predicted octanol–water partition coefficient (Wildman–Crippen LogP) is 3.59. The van der Waals surface area contributed by atoms with Crippen LogP contribution in [-0.4, -0.2) is 44.3 Å². The topological polar surface area (TPSA) is 59.0 Å². The number of nitrogens with zero attached hydrogens (tertiary/aromatic N) is 2. The Kier molecular flexibility index (Phi) is 5.14. The van der Waals surface area contributed by atoms with Gasteiger partial charge in [-0.3, -0.25) is 4.99 Å². The first-order valence-electron chi connectivity index (χ1n) is 9.27. The highest BCUT2D eigenvalue weighted by atomic mass is 32.2. The van der Waals surface area contributed by atoms with Gasteiger partial charge in [-0.2, -0.15) is 0 Å². The van der Waals surface area contributed by atoms with E-state index in [2.05, 4.69) is 49.1 Å². The molecule has 0 amide bonds. The largest absolute Gasteiger partial charge is 0.497 e. The predicted molar refractivity (Wildman–Crippen MR) is 116 cm³/mol. The van der Waals surface area contributed by atoms with Crippen LogP contribution in [-0.2, 0) is 15.6 Å². The second kappa shape index (κ2) is 7.44. The number of sulfone groups is 1. The molecular weight excluding hydrogens is 392 g/mol. The summed E-state index contributed by atoms with van der Waals surface area (Å²) < 4.78 is 29.6. The summed E-state index contributed by atoms with van der Waals surface area (Å²) in [5, 5.41) is 0.911. The van der Waals surface area contributed by atoms with Crippen molar-refractivity contribution in [2.75, 3.05) is 23.5 Å². The van der Waals surface area contributed by atoms with E-state index >= 15 is 0 Å². The van der Waals surface area contributed by atoms with Gasteiger partial charge in [0.2, 0.25) is 0 Å². The van der Waals surface area contributed by atoms with Crippen molar-refractivity contribution in [3.8, 4) is 5.75 Å². The Morgan fingerprint density at radius 3 is 2.61 bits per heavy atom. The lowest BCUT2D eigenvalue weighted by Gasteiger charge is -2.28. The highest BCUT2D eigenvalue weighted by molar-refractivity contribution is 8.13. The van der Waals surface area contributed by atoms with Crippen LogP contribution in [0.2, 0.25) is 0 Å². The fraction of sp³-hybridized carbons (Fsp3) is 0.381. The Morgan fingerprint density at radius 2 is 1.89 bits per heavy atom. The molecule has 0 radical (unpaired) electrons. The number of amidine groups is 1. The fourth-order valence-corrected chi connectivity index (χ4v) is 6.68. The first kappa shape index (κ1) is 19.3. The highest BCUT2D eigenvalue weighted by Gasteiger charge is 2.47. The second-order valence-corrected chi connectivity index (χ2v) is 10.5. The molecule has 0 aliphatic carbocycles. The van der Waals surface area contributed by atoms with E-state index < -0.39 is 9.84 Å². The summed E-state index contributed by atoms with van der Waals surface area (Å²) in [6, 6.07) is 14.0. The van der Waals surface area contributed by atoms with E-state index in [0.717, 1.165) is 33.5 Å². The van der Waals surface area contributed by atoms with Gasteiger partial charge < -0.3 is 9.64 Å². The van der Waals surface area contributed by atoms with E-state index in [9.17, 15) is 8.42 Å². The Labute approximate surface area is 170 Å². The second-order valence-electron chi connectivity index (χ2n) is 7.42. The molecule has 7 heteroatoms. The molecule has 2 aromatic carbocycles. The summed E-state index contributed by atoms with van der Waals surface area (Å²) >= 11 is 1.67. The third kappa shape index (κ3) is 3.78. The number of aryl methyl sites for hydroxylation is 2. The van der Waals surface area contributed by atoms with Gasteiger partial charge >= 0.3 is 0 Å². The van der Waals surface area contributed by atoms with E-state index in [1.165, 1.54) is 5.56 Å². The first-order chi connectivity index (χ1) is 13.4. The third-order valence-corrected chi connectivity index (χ3v) is 8.00. The standard InChI is InChI=1S/C21H24N2O3S2/c1-14-4-5-15(2)19(10-14)23-20-13-28(24,25)12-18(20)22-21(23)27-11-16-6-8-17(26-3)9-7-16/h4-10,18,20H,11-13H2,1-3H3/t18-,20+/m0/s1. The van der Waals surface area contributed by atoms with Crippen molar-refractivity contribution in [3.05, 3.63) is 59.2 Å². The van der Waals surface area contributed by atoms with Crippen LogP contribution in [0.5, 0.6) is 5.75 Å². The lowest BCUT2D eigenvalue weighted by molar-refractivity contribution is 0.414. The van der Waals surface area contributed by atoms with Crippen molar-refractivity contribution in [1.29, 1.82) is 0 Å². The Bertz CT molecular complexity index is 1020. The summed E-state index contributed by atoms with van der Waals surface area (Å²) in [5.74, 6) is 1.92. The zero-order chi connectivity index (χ0) is 19.9. The number of hydrogen-bond acceptors (Lipinski definition) is 6. The van der Waals surface area contributed by atoms with E-state index in [0.29, 0.717) is 0 Å². The number of rotatable bonds is 4. The van der Waals surface area contributed by atoms with Crippen LogP contribution in [0, 0.1) is 13.8 Å². The van der Waals surface area contributed by atoms with Gasteiger partial charge in [0.1, 0.15) is 5.75 Å². The van der Waals surface area contributed by atoms with Gasteiger partial charge in [0, 0.05) is 11.4 Å². The van der Waals surface area contributed by atoms with Crippen LogP contribution >= 0.6 is 11.8 Å². The number of anilines is 1. The normalized spacial score (nSPS) is 22.8. The minimum atomic E-state index is -3.04. The van der Waals surface area contributed by atoms with Crippen LogP contribution < -0.4 is 9.64 Å². The van der Waals surface area contributed by atoms with Crippen LogP contribution in [0.15, 0.2) is 47.5 Å². The maximum absolute atomic E-state index is 12.2. The minimum absolute atomic E-state index is 0.108. The monoisotopic (exact) mass is 416 g/mol. The van der Waals surface area contributed by atoms with Gasteiger partial charge in [-0.1, -0.05) is 36.0 Å². The SMILES string of the molecule is COc1ccc(CSC2=N[C@H]3CS(=O)(=O)C[C@H]3N2c2cc(C)ccc2C)cc1. The van der Waals surface area contributed by atoms with E-state index in [1.54, 1.807) is 18.9 Å². The summed E-state index contributed by atoms with van der Waals surface area (Å²) in [6.07, 6.45) is 0. The molecule has 1 saturated heterocycles. The molecule has 5 nitrogen and oxygen atoms in total. The van der Waals surface area contributed by atoms with Crippen LogP contribution in [0.3, 0.4) is 0 Å². The lowest BCUT2D eigenvalue weighted by Crippen LogP contribution is -2.39. The van der Waals surface area contributed by atoms with Gasteiger partial charge in [-0.05, 0) is 48.7 Å². The van der Waals surface area contributed by atoms with Crippen molar-refractivity contribution in [1.82, 2.24) is 0 Å². The quantitative estimate of drug-likeness (QED) is 0.762. The van der Waals surface area contributed by atoms with Crippen molar-refractivity contribution in [2.45, 2.75) is 31.7 Å². The molecule has 0 N–H and O–H groups in total. The number of aliphatic imine (C=N–C) groups is 1. The third-order valence-electron chi connectivity index (χ3n) is 5.26. The molecule has 28 heavy (non-hydrogen) atoms. The summed E-state index contributed by atoms with van der Waals surface area (Å²) in [5.41, 5.74) is 4.53. The molecule has 2 atom stereocenters. The summed E-state index contributed by atoms with van der Waals surface area (Å²) in [6.45, 7) is 4.13. The van der Waals surface area contributed by atoms with Crippen molar-refractivity contribution >= 4 is 32.5 Å². The average Bonchev–Trinajstić information content (AvgIpc) is 3.13. The number of thioether (sulfide) groups is 1. The van der Waals surface area contributed by atoms with Crippen LogP contribution in [0.4, 0.5) is 5.69 Å². The lowest BCUT2D eigenvalue weighted by atomic mass is 10.1. The molecule has 2 aromatic rings. The van der Waals surface area contributed by atoms with Crippen molar-refractivity contribution in [3.63, 3.8) is 0 Å². The Hall–Kier alpha value is -1.99. The zero-order valence-electron chi connectivity index (χ0n) is 16.3. The molecule has 0 aromatic heterocycles. The molecule has 1 fully saturated rings. The van der Waals surface area contributed by atoms with Gasteiger partial charge in [0.05, 0.1) is 30.7 Å². The van der Waals surface area contributed by atoms with E-state index in [-0.39, 0.29) is 23.6 Å². The van der Waals surface area contributed by atoms with E-state index in [1.807, 2.05) is 12.1 Å². The van der Waals surface area contributed by atoms with Crippen LogP contribution in [0.1, 0.15) is 16.7 Å². The summed E-state index contributed by atoms with van der Waals surface area (Å²) in [4.78, 5) is 6.98. The molecule has 0 unspecified atom stereocenters. The zero-order valence-corrected chi connectivity index (χ0v) is 17.9. The molecular formula is C21H24N2O3S2. The van der Waals surface area contributed by atoms with Gasteiger partial charge in [-0.25, -0.2) is 8.42 Å². The molecule has 0 saturated carbocycles. The van der Waals surface area contributed by atoms with Crippen molar-refractivity contribution in [2.24, 2.45) is 4.99 Å². The smallest absolute Gasteiger partial charge is 0.164 e. The molecule has 0 spiro atoms. The maximum Gasteiger partial charge on any atom is 0.164 e. The Morgan fingerprint density at radius 1 is 1.14 bits per heavy atom. The number of benzene rings is 2. The average molecular weight is 417 g/mol. The van der Waals surface area contributed by atoms with Gasteiger partial charge in [0.25, 0.3) is 0 Å². The first-order valence-corrected chi connectivity index (χ1v) is 12.1. The number of methoxy groups -OCH3 is 1. The van der Waals surface area contributed by atoms with E-state index in [4.69, 9.17) is 9.73 Å². The molecule has 2 heterocycles. The number of hydrogen-bond donors (Lipinski definition) is 0. The highest BCUT2D eigenvalue weighted by Crippen LogP contribution is 2.37. The maximum atomic E-state index is 12.2. The number of ether oxygens (including phenoxy) is 1. The van der Waals surface area contributed by atoms with Gasteiger partial charge in [-0.15, -0.1) is 0 Å². The van der Waals surface area contributed by atoms with Gasteiger partial charge in [0.15, 0.2) is 15.0 Å². The molecule has 2 aliphatic heterocycles. The molecule has 2 aliphatic rings. The molecule has 148 valence electrons. The summed E-state index contributed by atoms with van der Waals surface area (Å²) in [7, 11) is -1.38. The van der Waals surface area contributed by atoms with Crippen LogP contribution in [0.25, 0.3) is 0 Å². The molecule has 4 rings (SSSR count). The number of fused-ring (bicyclic) bond motifs is 1. The van der Waals surface area contributed by atoms with Crippen molar-refractivity contribution < 1.29 is 13.2 Å². The Balaban J connectivity index is 1.62. The molecule has 0 bridgehead atoms. The fourth-order valence-electron chi connectivity index (χ4n) is 3.76.